The van der Waals surface area contributed by atoms with E-state index in [-0.39, 0.29) is 5.91 Å². The highest BCUT2D eigenvalue weighted by Crippen LogP contribution is 2.29. The van der Waals surface area contributed by atoms with Crippen LogP contribution < -0.4 is 5.32 Å². The minimum Gasteiger partial charge on any atom is -0.352 e. The van der Waals surface area contributed by atoms with Gasteiger partial charge < -0.3 is 9.88 Å². The largest absolute Gasteiger partial charge is 0.352 e. The second kappa shape index (κ2) is 7.45. The van der Waals surface area contributed by atoms with E-state index in [4.69, 9.17) is 11.6 Å². The summed E-state index contributed by atoms with van der Waals surface area (Å²) in [5, 5.41) is 6.05. The molecule has 0 atom stereocenters. The lowest BCUT2D eigenvalue weighted by atomic mass is 10.1. The van der Waals surface area contributed by atoms with E-state index >= 15 is 0 Å². The number of nitrogens with one attached hydrogen (secondary N) is 1. The Morgan fingerprint density at radius 1 is 0.963 bits per heavy atom. The molecule has 4 heteroatoms. The van der Waals surface area contributed by atoms with Crippen molar-refractivity contribution in [3.05, 3.63) is 82.9 Å². The van der Waals surface area contributed by atoms with E-state index in [0.29, 0.717) is 12.1 Å². The Bertz CT molecular complexity index is 1110. The standard InChI is InChI=1S/C23H21ClN2O/c1-2-26-21-6-4-3-5-19(21)20-15-17(9-12-22(20)26)23(27)25-14-13-16-7-10-18(24)11-8-16/h3-12,15H,2,13-14H2,1H3,(H,25,27). The Hall–Kier alpha value is -2.78. The third-order valence-corrected chi connectivity index (χ3v) is 5.22. The lowest BCUT2D eigenvalue weighted by Crippen LogP contribution is -2.25. The van der Waals surface area contributed by atoms with Crippen LogP contribution in [0.4, 0.5) is 0 Å². The third-order valence-electron chi connectivity index (χ3n) is 4.96. The van der Waals surface area contributed by atoms with Gasteiger partial charge in [-0.3, -0.25) is 4.79 Å². The van der Waals surface area contributed by atoms with E-state index in [0.717, 1.165) is 34.5 Å². The number of carbonyl (C=O) groups is 1. The maximum atomic E-state index is 12.6. The van der Waals surface area contributed by atoms with Gasteiger partial charge in [-0.2, -0.15) is 0 Å². The van der Waals surface area contributed by atoms with Gasteiger partial charge in [0.15, 0.2) is 0 Å². The van der Waals surface area contributed by atoms with Crippen molar-refractivity contribution in [1.82, 2.24) is 9.88 Å². The number of amides is 1. The highest BCUT2D eigenvalue weighted by atomic mass is 35.5. The number of hydrogen-bond donors (Lipinski definition) is 1. The summed E-state index contributed by atoms with van der Waals surface area (Å²) >= 11 is 5.91. The Morgan fingerprint density at radius 2 is 1.70 bits per heavy atom. The minimum atomic E-state index is -0.0424. The van der Waals surface area contributed by atoms with E-state index in [1.807, 2.05) is 48.5 Å². The Balaban J connectivity index is 1.55. The fraction of sp³-hybridized carbons (Fsp3) is 0.174. The number of halogens is 1. The van der Waals surface area contributed by atoms with Gasteiger partial charge >= 0.3 is 0 Å². The summed E-state index contributed by atoms with van der Waals surface area (Å²) in [4.78, 5) is 12.6. The number of aromatic nitrogens is 1. The summed E-state index contributed by atoms with van der Waals surface area (Å²) in [6, 6.07) is 22.0. The molecule has 0 saturated carbocycles. The van der Waals surface area contributed by atoms with Crippen LogP contribution in [0.1, 0.15) is 22.8 Å². The smallest absolute Gasteiger partial charge is 0.251 e. The first kappa shape index (κ1) is 17.6. The number of aryl methyl sites for hydroxylation is 1. The van der Waals surface area contributed by atoms with Crippen molar-refractivity contribution in [2.45, 2.75) is 19.9 Å². The van der Waals surface area contributed by atoms with Gasteiger partial charge in [-0.25, -0.2) is 0 Å². The molecule has 3 nitrogen and oxygen atoms in total. The summed E-state index contributed by atoms with van der Waals surface area (Å²) in [5.41, 5.74) is 4.21. The lowest BCUT2D eigenvalue weighted by Gasteiger charge is -2.07. The van der Waals surface area contributed by atoms with E-state index in [9.17, 15) is 4.79 Å². The van der Waals surface area contributed by atoms with Gasteiger partial charge in [-0.05, 0) is 55.3 Å². The van der Waals surface area contributed by atoms with Crippen LogP contribution >= 0.6 is 11.6 Å². The zero-order valence-corrected chi connectivity index (χ0v) is 16.0. The van der Waals surface area contributed by atoms with Crippen LogP contribution in [0.25, 0.3) is 21.8 Å². The quantitative estimate of drug-likeness (QED) is 0.494. The van der Waals surface area contributed by atoms with Crippen LogP contribution in [0.5, 0.6) is 0 Å². The molecule has 0 aliphatic carbocycles. The van der Waals surface area contributed by atoms with Gasteiger partial charge in [0.25, 0.3) is 5.91 Å². The zero-order chi connectivity index (χ0) is 18.8. The summed E-state index contributed by atoms with van der Waals surface area (Å²) in [6.45, 7) is 3.63. The Labute approximate surface area is 163 Å². The molecule has 1 amide bonds. The molecule has 1 aromatic heterocycles. The summed E-state index contributed by atoms with van der Waals surface area (Å²) in [6.07, 6.45) is 0.778. The van der Waals surface area contributed by atoms with E-state index in [1.54, 1.807) is 0 Å². The van der Waals surface area contributed by atoms with Gasteiger partial charge in [-0.1, -0.05) is 41.9 Å². The first-order chi connectivity index (χ1) is 13.2. The molecular weight excluding hydrogens is 356 g/mol. The molecular formula is C23H21ClN2O. The van der Waals surface area contributed by atoms with Gasteiger partial charge in [-0.15, -0.1) is 0 Å². The monoisotopic (exact) mass is 376 g/mol. The molecule has 0 bridgehead atoms. The van der Waals surface area contributed by atoms with Crippen molar-refractivity contribution >= 4 is 39.3 Å². The molecule has 3 aromatic carbocycles. The molecule has 4 rings (SSSR count). The average molecular weight is 377 g/mol. The molecule has 0 aliphatic heterocycles. The fourth-order valence-corrected chi connectivity index (χ4v) is 3.74. The molecule has 0 saturated heterocycles. The normalized spacial score (nSPS) is 11.2. The van der Waals surface area contributed by atoms with Crippen molar-refractivity contribution in [3.8, 4) is 0 Å². The van der Waals surface area contributed by atoms with Gasteiger partial charge in [0.1, 0.15) is 0 Å². The SMILES string of the molecule is CCn1c2ccccc2c2cc(C(=O)NCCc3ccc(Cl)cc3)ccc21. The topological polar surface area (TPSA) is 34.0 Å². The minimum absolute atomic E-state index is 0.0424. The molecule has 0 aliphatic rings. The first-order valence-corrected chi connectivity index (χ1v) is 9.59. The van der Waals surface area contributed by atoms with E-state index < -0.39 is 0 Å². The molecule has 0 unspecified atom stereocenters. The number of hydrogen-bond acceptors (Lipinski definition) is 1. The van der Waals surface area contributed by atoms with Crippen molar-refractivity contribution in [2.75, 3.05) is 6.54 Å². The maximum absolute atomic E-state index is 12.6. The number of rotatable bonds is 5. The predicted octanol–water partition coefficient (Wildman–Crippen LogP) is 5.44. The van der Waals surface area contributed by atoms with Crippen LogP contribution in [0, 0.1) is 0 Å². The van der Waals surface area contributed by atoms with Crippen molar-refractivity contribution in [1.29, 1.82) is 0 Å². The van der Waals surface area contributed by atoms with Gasteiger partial charge in [0.05, 0.1) is 0 Å². The molecule has 0 fully saturated rings. The molecule has 0 radical (unpaired) electrons. The maximum Gasteiger partial charge on any atom is 0.251 e. The molecule has 4 aromatic rings. The number of benzene rings is 3. The van der Waals surface area contributed by atoms with E-state index in [1.165, 1.54) is 10.9 Å². The first-order valence-electron chi connectivity index (χ1n) is 9.21. The van der Waals surface area contributed by atoms with Crippen molar-refractivity contribution in [3.63, 3.8) is 0 Å². The van der Waals surface area contributed by atoms with Gasteiger partial charge in [0.2, 0.25) is 0 Å². The van der Waals surface area contributed by atoms with Crippen LogP contribution in [0.15, 0.2) is 66.7 Å². The number of para-hydroxylation sites is 1. The lowest BCUT2D eigenvalue weighted by molar-refractivity contribution is 0.0954. The number of nitrogens with zero attached hydrogens (tertiary/aromatic N) is 1. The molecule has 27 heavy (non-hydrogen) atoms. The Morgan fingerprint density at radius 3 is 2.48 bits per heavy atom. The number of carbonyl (C=O) groups excluding carboxylic acids is 1. The second-order valence-corrected chi connectivity index (χ2v) is 7.06. The Kier molecular flexibility index (Phi) is 4.87. The van der Waals surface area contributed by atoms with Crippen LogP contribution in [0.2, 0.25) is 5.02 Å². The van der Waals surface area contributed by atoms with Gasteiger partial charge in [0, 0.05) is 45.5 Å². The van der Waals surface area contributed by atoms with Crippen molar-refractivity contribution < 1.29 is 4.79 Å². The zero-order valence-electron chi connectivity index (χ0n) is 15.2. The average Bonchev–Trinajstić information content (AvgIpc) is 3.02. The summed E-state index contributed by atoms with van der Waals surface area (Å²) in [7, 11) is 0. The molecule has 1 heterocycles. The van der Waals surface area contributed by atoms with Crippen LogP contribution in [-0.4, -0.2) is 17.0 Å². The second-order valence-electron chi connectivity index (χ2n) is 6.63. The molecule has 0 spiro atoms. The number of fused-ring (bicyclic) bond motifs is 3. The molecule has 136 valence electrons. The third kappa shape index (κ3) is 3.43. The van der Waals surface area contributed by atoms with Crippen molar-refractivity contribution in [2.24, 2.45) is 0 Å². The highest BCUT2D eigenvalue weighted by molar-refractivity contribution is 6.30. The summed E-state index contributed by atoms with van der Waals surface area (Å²) < 4.78 is 2.28. The predicted molar refractivity (Wildman–Crippen MR) is 113 cm³/mol. The summed E-state index contributed by atoms with van der Waals surface area (Å²) in [5.74, 6) is -0.0424. The highest BCUT2D eigenvalue weighted by Gasteiger charge is 2.12. The fourth-order valence-electron chi connectivity index (χ4n) is 3.61. The van der Waals surface area contributed by atoms with Crippen LogP contribution in [-0.2, 0) is 13.0 Å². The van der Waals surface area contributed by atoms with E-state index in [2.05, 4.69) is 35.0 Å². The van der Waals surface area contributed by atoms with Crippen LogP contribution in [0.3, 0.4) is 0 Å². The molecule has 1 N–H and O–H groups in total.